The maximum atomic E-state index is 12.3. The first kappa shape index (κ1) is 14.4. The van der Waals surface area contributed by atoms with E-state index in [-0.39, 0.29) is 17.2 Å². The van der Waals surface area contributed by atoms with Gasteiger partial charge in [-0.1, -0.05) is 29.8 Å². The van der Waals surface area contributed by atoms with Gasteiger partial charge in [-0.2, -0.15) is 0 Å². The molecule has 1 saturated heterocycles. The zero-order valence-corrected chi connectivity index (χ0v) is 12.0. The topological polar surface area (TPSA) is 49.4 Å². The van der Waals surface area contributed by atoms with E-state index in [1.54, 1.807) is 30.3 Å². The Bertz CT molecular complexity index is 640. The molecule has 0 spiro atoms. The van der Waals surface area contributed by atoms with Crippen LogP contribution in [0.2, 0.25) is 5.02 Å². The molecule has 1 aromatic rings. The summed E-state index contributed by atoms with van der Waals surface area (Å²) in [5.74, 6) is -0.959. The Morgan fingerprint density at radius 3 is 2.80 bits per heavy atom. The van der Waals surface area contributed by atoms with E-state index < -0.39 is 11.8 Å². The fraction of sp³-hybridized carbons (Fsp3) is 0.0714. The molecular weight excluding hydrogens is 296 g/mol. The highest BCUT2D eigenvalue weighted by Gasteiger charge is 2.32. The first-order valence-electron chi connectivity index (χ1n) is 5.78. The number of rotatable bonds is 3. The van der Waals surface area contributed by atoms with Crippen molar-refractivity contribution >= 4 is 46.8 Å². The molecular formula is C14H11ClN2O2S. The van der Waals surface area contributed by atoms with Gasteiger partial charge < -0.3 is 0 Å². The normalized spacial score (nSPS) is 17.4. The van der Waals surface area contributed by atoms with Crippen LogP contribution in [0, 0.1) is 0 Å². The van der Waals surface area contributed by atoms with Crippen LogP contribution < -0.4 is 5.32 Å². The van der Waals surface area contributed by atoms with Crippen molar-refractivity contribution in [3.8, 4) is 0 Å². The Morgan fingerprint density at radius 2 is 2.15 bits per heavy atom. The number of nitrogens with one attached hydrogen (secondary N) is 1. The fourth-order valence-corrected chi connectivity index (χ4v) is 2.20. The molecule has 0 bridgehead atoms. The van der Waals surface area contributed by atoms with Crippen LogP contribution in [0.15, 0.2) is 42.5 Å². The Morgan fingerprint density at radius 1 is 1.40 bits per heavy atom. The zero-order chi connectivity index (χ0) is 14.7. The van der Waals surface area contributed by atoms with Gasteiger partial charge in [0.15, 0.2) is 5.11 Å². The van der Waals surface area contributed by atoms with E-state index in [2.05, 4.69) is 11.9 Å². The second kappa shape index (κ2) is 5.98. The molecule has 0 atom stereocenters. The molecule has 0 aromatic heterocycles. The average molecular weight is 307 g/mol. The number of halogens is 1. The van der Waals surface area contributed by atoms with Gasteiger partial charge in [-0.15, -0.1) is 6.58 Å². The number of carbonyl (C=O) groups excluding carboxylic acids is 2. The second-order valence-corrected chi connectivity index (χ2v) is 4.90. The van der Waals surface area contributed by atoms with Gasteiger partial charge in [0.2, 0.25) is 0 Å². The third-order valence-corrected chi connectivity index (χ3v) is 3.21. The predicted molar refractivity (Wildman–Crippen MR) is 82.1 cm³/mol. The summed E-state index contributed by atoms with van der Waals surface area (Å²) in [5.41, 5.74) is 0.685. The lowest BCUT2D eigenvalue weighted by molar-refractivity contribution is -0.128. The Balaban J connectivity index is 2.38. The van der Waals surface area contributed by atoms with E-state index in [9.17, 15) is 9.59 Å². The highest BCUT2D eigenvalue weighted by molar-refractivity contribution is 7.80. The summed E-state index contributed by atoms with van der Waals surface area (Å²) >= 11 is 10.8. The quantitative estimate of drug-likeness (QED) is 0.403. The molecule has 1 aromatic carbocycles. The molecule has 0 radical (unpaired) electrons. The first-order valence-corrected chi connectivity index (χ1v) is 6.57. The van der Waals surface area contributed by atoms with E-state index >= 15 is 0 Å². The third-order valence-electron chi connectivity index (χ3n) is 2.66. The van der Waals surface area contributed by atoms with Crippen molar-refractivity contribution in [3.63, 3.8) is 0 Å². The molecule has 0 saturated carbocycles. The van der Waals surface area contributed by atoms with Crippen molar-refractivity contribution < 1.29 is 9.59 Å². The van der Waals surface area contributed by atoms with Gasteiger partial charge in [0.25, 0.3) is 11.8 Å². The van der Waals surface area contributed by atoms with Crippen LogP contribution in [0.3, 0.4) is 0 Å². The lowest BCUT2D eigenvalue weighted by atomic mass is 10.1. The van der Waals surface area contributed by atoms with Gasteiger partial charge in [-0.3, -0.25) is 19.8 Å². The third kappa shape index (κ3) is 2.95. The molecule has 102 valence electrons. The summed E-state index contributed by atoms with van der Waals surface area (Å²) < 4.78 is 0. The highest BCUT2D eigenvalue weighted by atomic mass is 35.5. The lowest BCUT2D eigenvalue weighted by Gasteiger charge is -2.27. The first-order chi connectivity index (χ1) is 9.52. The molecule has 6 heteroatoms. The Hall–Kier alpha value is -1.98. The van der Waals surface area contributed by atoms with Crippen molar-refractivity contribution in [1.82, 2.24) is 10.2 Å². The molecule has 0 unspecified atom stereocenters. The fourth-order valence-electron chi connectivity index (χ4n) is 1.75. The van der Waals surface area contributed by atoms with Crippen molar-refractivity contribution in [1.29, 1.82) is 0 Å². The van der Waals surface area contributed by atoms with Crippen LogP contribution in [0.5, 0.6) is 0 Å². The summed E-state index contributed by atoms with van der Waals surface area (Å²) in [6.07, 6.45) is 3.03. The number of carbonyl (C=O) groups is 2. The number of nitrogens with zero attached hydrogens (tertiary/aromatic N) is 1. The van der Waals surface area contributed by atoms with Crippen molar-refractivity contribution in [2.75, 3.05) is 6.54 Å². The molecule has 1 aliphatic heterocycles. The molecule has 2 amide bonds. The van der Waals surface area contributed by atoms with Crippen molar-refractivity contribution in [2.45, 2.75) is 0 Å². The van der Waals surface area contributed by atoms with E-state index in [4.69, 9.17) is 23.8 Å². The summed E-state index contributed by atoms with van der Waals surface area (Å²) in [6.45, 7) is 3.80. The molecule has 1 fully saturated rings. The smallest absolute Gasteiger partial charge is 0.265 e. The lowest BCUT2D eigenvalue weighted by Crippen LogP contribution is -2.53. The van der Waals surface area contributed by atoms with Crippen LogP contribution in [-0.2, 0) is 9.59 Å². The number of hydrogen-bond acceptors (Lipinski definition) is 3. The minimum atomic E-state index is -0.514. The summed E-state index contributed by atoms with van der Waals surface area (Å²) in [4.78, 5) is 25.4. The number of benzene rings is 1. The maximum absolute atomic E-state index is 12.3. The van der Waals surface area contributed by atoms with Crippen LogP contribution in [0.1, 0.15) is 5.56 Å². The molecule has 1 aliphatic rings. The largest absolute Gasteiger partial charge is 0.298 e. The van der Waals surface area contributed by atoms with Gasteiger partial charge in [0, 0.05) is 11.6 Å². The summed E-state index contributed by atoms with van der Waals surface area (Å²) in [5, 5.41) is 3.09. The van der Waals surface area contributed by atoms with Crippen LogP contribution in [-0.4, -0.2) is 28.4 Å². The van der Waals surface area contributed by atoms with Gasteiger partial charge in [0.05, 0.1) is 0 Å². The Kier molecular flexibility index (Phi) is 4.32. The van der Waals surface area contributed by atoms with Gasteiger partial charge in [0.1, 0.15) is 5.57 Å². The number of hydrogen-bond donors (Lipinski definition) is 1. The van der Waals surface area contributed by atoms with E-state index in [0.717, 1.165) is 0 Å². The summed E-state index contributed by atoms with van der Waals surface area (Å²) in [6, 6.07) is 6.88. The number of thiocarbonyl (C=S) groups is 1. The minimum absolute atomic E-state index is 0.0164. The van der Waals surface area contributed by atoms with Crippen molar-refractivity contribution in [3.05, 3.63) is 53.1 Å². The van der Waals surface area contributed by atoms with Gasteiger partial charge >= 0.3 is 0 Å². The van der Waals surface area contributed by atoms with Gasteiger partial charge in [-0.05, 0) is 36.0 Å². The minimum Gasteiger partial charge on any atom is -0.298 e. The second-order valence-electron chi connectivity index (χ2n) is 4.08. The summed E-state index contributed by atoms with van der Waals surface area (Å²) in [7, 11) is 0. The van der Waals surface area contributed by atoms with E-state index in [1.807, 2.05) is 0 Å². The van der Waals surface area contributed by atoms with Crippen LogP contribution >= 0.6 is 23.8 Å². The molecule has 1 heterocycles. The molecule has 4 nitrogen and oxygen atoms in total. The molecule has 2 rings (SSSR count). The molecule has 20 heavy (non-hydrogen) atoms. The average Bonchev–Trinajstić information content (AvgIpc) is 2.39. The maximum Gasteiger partial charge on any atom is 0.265 e. The SMILES string of the molecule is C=CCN1C(=O)/C(=C\c2cccc(Cl)c2)C(=O)NC1=S. The van der Waals surface area contributed by atoms with E-state index in [0.29, 0.717) is 10.6 Å². The monoisotopic (exact) mass is 306 g/mol. The Labute approximate surface area is 126 Å². The van der Waals surface area contributed by atoms with Gasteiger partial charge in [-0.25, -0.2) is 0 Å². The highest BCUT2D eigenvalue weighted by Crippen LogP contribution is 2.17. The van der Waals surface area contributed by atoms with E-state index in [1.165, 1.54) is 11.0 Å². The number of amides is 2. The van der Waals surface area contributed by atoms with Crippen LogP contribution in [0.25, 0.3) is 6.08 Å². The standard InChI is InChI=1S/C14H11ClN2O2S/c1-2-6-17-13(19)11(12(18)16-14(17)20)8-9-4-3-5-10(15)7-9/h2-5,7-8H,1,6H2,(H,16,18,20)/b11-8-. The van der Waals surface area contributed by atoms with Crippen molar-refractivity contribution in [2.24, 2.45) is 0 Å². The molecule has 1 N–H and O–H groups in total. The zero-order valence-electron chi connectivity index (χ0n) is 10.4. The van der Waals surface area contributed by atoms with Crippen LogP contribution in [0.4, 0.5) is 0 Å². The molecule has 0 aliphatic carbocycles. The predicted octanol–water partition coefficient (Wildman–Crippen LogP) is 2.15.